The fraction of sp³-hybridized carbons (Fsp3) is 0.524. The number of fused-ring (bicyclic) bond motifs is 3. The summed E-state index contributed by atoms with van der Waals surface area (Å²) < 4.78 is 12.6. The fourth-order valence-electron chi connectivity index (χ4n) is 3.75. The summed E-state index contributed by atoms with van der Waals surface area (Å²) in [5.41, 5.74) is 1.22. The number of allylic oxidation sites excluding steroid dienone is 1. The van der Waals surface area contributed by atoms with Crippen LogP contribution >= 0.6 is 23.1 Å². The molecular formula is C21H26N4O3S2. The van der Waals surface area contributed by atoms with Crippen molar-refractivity contribution in [2.75, 3.05) is 6.61 Å². The largest absolute Gasteiger partial charge is 0.371 e. The van der Waals surface area contributed by atoms with Gasteiger partial charge in [0.15, 0.2) is 11.0 Å². The van der Waals surface area contributed by atoms with Crippen molar-refractivity contribution < 1.29 is 9.26 Å². The van der Waals surface area contributed by atoms with Crippen LogP contribution < -0.4 is 5.56 Å². The van der Waals surface area contributed by atoms with Gasteiger partial charge in [-0.1, -0.05) is 29.9 Å². The van der Waals surface area contributed by atoms with Crippen LogP contribution in [0.4, 0.5) is 0 Å². The van der Waals surface area contributed by atoms with Crippen molar-refractivity contribution in [1.82, 2.24) is 19.7 Å². The van der Waals surface area contributed by atoms with Crippen LogP contribution in [0.25, 0.3) is 10.2 Å². The minimum absolute atomic E-state index is 0.0191. The maximum absolute atomic E-state index is 13.3. The molecule has 0 aliphatic heterocycles. The first kappa shape index (κ1) is 21.3. The Hall–Kier alpha value is -1.97. The molecular weight excluding hydrogens is 420 g/mol. The molecule has 0 radical (unpaired) electrons. The van der Waals surface area contributed by atoms with Crippen molar-refractivity contribution >= 4 is 33.3 Å². The highest BCUT2D eigenvalue weighted by Gasteiger charge is 2.25. The topological polar surface area (TPSA) is 83.0 Å². The van der Waals surface area contributed by atoms with E-state index in [-0.39, 0.29) is 11.7 Å². The Labute approximate surface area is 183 Å². The second-order valence-electron chi connectivity index (χ2n) is 7.56. The zero-order valence-corrected chi connectivity index (χ0v) is 19.1. The van der Waals surface area contributed by atoms with E-state index in [9.17, 15) is 4.79 Å². The molecule has 1 aliphatic rings. The van der Waals surface area contributed by atoms with E-state index in [1.165, 1.54) is 22.2 Å². The highest BCUT2D eigenvalue weighted by Crippen LogP contribution is 2.36. The maximum atomic E-state index is 13.3. The van der Waals surface area contributed by atoms with E-state index in [0.29, 0.717) is 41.7 Å². The minimum Gasteiger partial charge on any atom is -0.371 e. The Morgan fingerprint density at radius 2 is 2.30 bits per heavy atom. The van der Waals surface area contributed by atoms with Gasteiger partial charge in [-0.15, -0.1) is 17.9 Å². The lowest BCUT2D eigenvalue weighted by Crippen LogP contribution is -2.23. The van der Waals surface area contributed by atoms with Crippen LogP contribution in [0.3, 0.4) is 0 Å². The first-order valence-corrected chi connectivity index (χ1v) is 12.0. The number of thiophene rings is 1. The van der Waals surface area contributed by atoms with Crippen molar-refractivity contribution in [2.24, 2.45) is 5.92 Å². The Bertz CT molecular complexity index is 1120. The fourth-order valence-corrected chi connectivity index (χ4v) is 6.02. The molecule has 0 amide bonds. The molecule has 0 spiro atoms. The summed E-state index contributed by atoms with van der Waals surface area (Å²) in [6, 6.07) is 0. The van der Waals surface area contributed by atoms with Crippen molar-refractivity contribution in [1.29, 1.82) is 0 Å². The van der Waals surface area contributed by atoms with Gasteiger partial charge in [0.2, 0.25) is 5.89 Å². The van der Waals surface area contributed by atoms with Crippen molar-refractivity contribution in [3.63, 3.8) is 0 Å². The van der Waals surface area contributed by atoms with Crippen LogP contribution in [0.15, 0.2) is 27.1 Å². The minimum atomic E-state index is -0.217. The van der Waals surface area contributed by atoms with Crippen LogP contribution in [0.5, 0.6) is 0 Å². The number of aromatic nitrogens is 4. The Balaban J connectivity index is 1.64. The number of rotatable bonds is 8. The Morgan fingerprint density at radius 1 is 1.47 bits per heavy atom. The van der Waals surface area contributed by atoms with E-state index < -0.39 is 0 Å². The lowest BCUT2D eigenvalue weighted by molar-refractivity contribution is 0.0683. The van der Waals surface area contributed by atoms with Gasteiger partial charge in [0.05, 0.1) is 11.1 Å². The third-order valence-electron chi connectivity index (χ3n) is 5.28. The van der Waals surface area contributed by atoms with Gasteiger partial charge in [0.25, 0.3) is 5.56 Å². The van der Waals surface area contributed by atoms with Gasteiger partial charge in [0.1, 0.15) is 10.9 Å². The summed E-state index contributed by atoms with van der Waals surface area (Å²) in [4.78, 5) is 24.7. The second kappa shape index (κ2) is 9.03. The van der Waals surface area contributed by atoms with Crippen LogP contribution in [-0.2, 0) is 29.9 Å². The summed E-state index contributed by atoms with van der Waals surface area (Å²) in [5.74, 6) is 2.10. The molecule has 1 aliphatic carbocycles. The van der Waals surface area contributed by atoms with Crippen LogP contribution in [-0.4, -0.2) is 26.3 Å². The zero-order valence-electron chi connectivity index (χ0n) is 17.5. The van der Waals surface area contributed by atoms with E-state index in [4.69, 9.17) is 14.2 Å². The summed E-state index contributed by atoms with van der Waals surface area (Å²) in [6.45, 7) is 10.9. The monoisotopic (exact) mass is 446 g/mol. The molecule has 9 heteroatoms. The number of thioether (sulfide) groups is 1. The molecule has 160 valence electrons. The van der Waals surface area contributed by atoms with Crippen LogP contribution in [0, 0.1) is 5.92 Å². The van der Waals surface area contributed by atoms with E-state index in [1.54, 1.807) is 22.0 Å². The third kappa shape index (κ3) is 4.10. The van der Waals surface area contributed by atoms with Gasteiger partial charge in [-0.3, -0.25) is 9.36 Å². The quantitative estimate of drug-likeness (QED) is 0.285. The third-order valence-corrected chi connectivity index (χ3v) is 7.39. The Kier molecular flexibility index (Phi) is 6.40. The average Bonchev–Trinajstić information content (AvgIpc) is 3.33. The van der Waals surface area contributed by atoms with E-state index in [0.717, 1.165) is 29.5 Å². The molecule has 3 heterocycles. The summed E-state index contributed by atoms with van der Waals surface area (Å²) in [6.07, 6.45) is 4.62. The Morgan fingerprint density at radius 3 is 3.07 bits per heavy atom. The standard InChI is InChI=1S/C21H26N4O3S2/c1-5-9-25-20(26)17-14-8-7-12(3)10-15(14)30-19(17)23-21(25)29-11-16-22-18(24-28-16)13(4)27-6-2/h5,12-13H,1,6-11H2,2-4H3. The van der Waals surface area contributed by atoms with E-state index in [2.05, 4.69) is 23.6 Å². The molecule has 0 bridgehead atoms. The number of aryl methyl sites for hydroxylation is 1. The van der Waals surface area contributed by atoms with Gasteiger partial charge in [-0.05, 0) is 44.6 Å². The van der Waals surface area contributed by atoms with E-state index >= 15 is 0 Å². The molecule has 30 heavy (non-hydrogen) atoms. The van der Waals surface area contributed by atoms with Gasteiger partial charge >= 0.3 is 0 Å². The van der Waals surface area contributed by atoms with Gasteiger partial charge < -0.3 is 9.26 Å². The SMILES string of the molecule is C=CCn1c(SCc2nc(C(C)OCC)no2)nc2sc3c(c2c1=O)CCC(C)C3. The molecule has 0 saturated carbocycles. The summed E-state index contributed by atoms with van der Waals surface area (Å²) >= 11 is 3.09. The normalized spacial score (nSPS) is 17.2. The first-order valence-electron chi connectivity index (χ1n) is 10.2. The van der Waals surface area contributed by atoms with Crippen molar-refractivity contribution in [3.8, 4) is 0 Å². The molecule has 7 nitrogen and oxygen atoms in total. The highest BCUT2D eigenvalue weighted by atomic mass is 32.2. The molecule has 0 aromatic carbocycles. The number of hydrogen-bond acceptors (Lipinski definition) is 8. The smallest absolute Gasteiger partial charge is 0.263 e. The zero-order chi connectivity index (χ0) is 21.3. The van der Waals surface area contributed by atoms with Gasteiger partial charge in [0, 0.05) is 18.0 Å². The summed E-state index contributed by atoms with van der Waals surface area (Å²) in [7, 11) is 0. The molecule has 3 aromatic rings. The number of hydrogen-bond donors (Lipinski definition) is 0. The van der Waals surface area contributed by atoms with Gasteiger partial charge in [-0.2, -0.15) is 4.98 Å². The molecule has 2 unspecified atom stereocenters. The number of ether oxygens (including phenoxy) is 1. The highest BCUT2D eigenvalue weighted by molar-refractivity contribution is 7.98. The second-order valence-corrected chi connectivity index (χ2v) is 9.59. The first-order chi connectivity index (χ1) is 14.5. The summed E-state index contributed by atoms with van der Waals surface area (Å²) in [5, 5.41) is 5.44. The lowest BCUT2D eigenvalue weighted by Gasteiger charge is -2.17. The van der Waals surface area contributed by atoms with Crippen molar-refractivity contribution in [3.05, 3.63) is 45.2 Å². The maximum Gasteiger partial charge on any atom is 0.263 e. The number of nitrogens with zero attached hydrogens (tertiary/aromatic N) is 4. The van der Waals surface area contributed by atoms with E-state index in [1.807, 2.05) is 13.8 Å². The van der Waals surface area contributed by atoms with Crippen LogP contribution in [0.2, 0.25) is 0 Å². The predicted molar refractivity (Wildman–Crippen MR) is 119 cm³/mol. The van der Waals surface area contributed by atoms with Crippen molar-refractivity contribution in [2.45, 2.75) is 63.6 Å². The molecule has 2 atom stereocenters. The lowest BCUT2D eigenvalue weighted by atomic mass is 9.89. The predicted octanol–water partition coefficient (Wildman–Crippen LogP) is 4.54. The molecule has 3 aromatic heterocycles. The van der Waals surface area contributed by atoms with Gasteiger partial charge in [-0.25, -0.2) is 4.98 Å². The molecule has 0 N–H and O–H groups in total. The molecule has 0 fully saturated rings. The molecule has 4 rings (SSSR count). The van der Waals surface area contributed by atoms with Crippen LogP contribution in [0.1, 0.15) is 55.5 Å². The molecule has 0 saturated heterocycles. The average molecular weight is 447 g/mol.